The van der Waals surface area contributed by atoms with Gasteiger partial charge in [0.15, 0.2) is 5.82 Å². The van der Waals surface area contributed by atoms with Crippen LogP contribution < -0.4 is 5.32 Å². The van der Waals surface area contributed by atoms with E-state index in [4.69, 9.17) is 5.26 Å². The molecule has 0 bridgehead atoms. The summed E-state index contributed by atoms with van der Waals surface area (Å²) in [5.74, 6) is 0.817. The molecule has 114 valence electrons. The lowest BCUT2D eigenvalue weighted by Crippen LogP contribution is -2.04. The molecule has 0 fully saturated rings. The summed E-state index contributed by atoms with van der Waals surface area (Å²) in [6.45, 7) is 4.73. The number of rotatable bonds is 4. The maximum absolute atomic E-state index is 8.83. The molecular formula is C18H17N5. The van der Waals surface area contributed by atoms with Crippen LogP contribution in [0.1, 0.15) is 22.5 Å². The lowest BCUT2D eigenvalue weighted by atomic mass is 10.2. The van der Waals surface area contributed by atoms with Gasteiger partial charge >= 0.3 is 0 Å². The Morgan fingerprint density at radius 3 is 2.57 bits per heavy atom. The first-order chi connectivity index (χ1) is 11.2. The number of benzene rings is 1. The van der Waals surface area contributed by atoms with Gasteiger partial charge in [0, 0.05) is 29.7 Å². The predicted octanol–water partition coefficient (Wildman–Crippen LogP) is 3.37. The molecule has 0 radical (unpaired) electrons. The Morgan fingerprint density at radius 2 is 1.91 bits per heavy atom. The van der Waals surface area contributed by atoms with E-state index in [1.807, 2.05) is 48.9 Å². The van der Waals surface area contributed by atoms with E-state index in [-0.39, 0.29) is 0 Å². The summed E-state index contributed by atoms with van der Waals surface area (Å²) in [6.07, 6.45) is 1.76. The van der Waals surface area contributed by atoms with E-state index in [0.29, 0.717) is 12.1 Å². The van der Waals surface area contributed by atoms with E-state index in [2.05, 4.69) is 21.5 Å². The van der Waals surface area contributed by atoms with Crippen LogP contribution in [-0.2, 0) is 6.54 Å². The van der Waals surface area contributed by atoms with Crippen molar-refractivity contribution < 1.29 is 0 Å². The Kier molecular flexibility index (Phi) is 4.07. The average molecular weight is 303 g/mol. The molecule has 0 spiro atoms. The smallest absolute Gasteiger partial charge is 0.153 e. The number of nitrogens with zero attached hydrogens (tertiary/aromatic N) is 4. The second-order valence-corrected chi connectivity index (χ2v) is 5.29. The minimum absolute atomic E-state index is 0.658. The number of nitriles is 1. The normalized spacial score (nSPS) is 10.3. The van der Waals surface area contributed by atoms with Gasteiger partial charge in [-0.2, -0.15) is 10.4 Å². The molecule has 1 aromatic carbocycles. The Balaban J connectivity index is 1.81. The summed E-state index contributed by atoms with van der Waals surface area (Å²) >= 11 is 0. The van der Waals surface area contributed by atoms with E-state index in [1.165, 1.54) is 0 Å². The summed E-state index contributed by atoms with van der Waals surface area (Å²) in [7, 11) is 0. The number of nitrogens with one attached hydrogen (secondary N) is 1. The van der Waals surface area contributed by atoms with Crippen LogP contribution in [0.25, 0.3) is 5.82 Å². The minimum atomic E-state index is 0.658. The molecule has 0 saturated carbocycles. The van der Waals surface area contributed by atoms with Crippen molar-refractivity contribution in [3.05, 3.63) is 71.2 Å². The highest BCUT2D eigenvalue weighted by Gasteiger charge is 2.13. The maximum atomic E-state index is 8.83. The number of anilines is 1. The fourth-order valence-electron chi connectivity index (χ4n) is 2.49. The highest BCUT2D eigenvalue weighted by atomic mass is 15.3. The minimum Gasteiger partial charge on any atom is -0.381 e. The third-order valence-corrected chi connectivity index (χ3v) is 3.79. The van der Waals surface area contributed by atoms with Crippen molar-refractivity contribution in [1.82, 2.24) is 14.8 Å². The number of aromatic nitrogens is 3. The largest absolute Gasteiger partial charge is 0.381 e. The monoisotopic (exact) mass is 303 g/mol. The quantitative estimate of drug-likeness (QED) is 0.802. The molecule has 23 heavy (non-hydrogen) atoms. The van der Waals surface area contributed by atoms with E-state index in [9.17, 15) is 0 Å². The van der Waals surface area contributed by atoms with Gasteiger partial charge in [-0.1, -0.05) is 6.07 Å². The van der Waals surface area contributed by atoms with Crippen LogP contribution in [0.15, 0.2) is 48.7 Å². The van der Waals surface area contributed by atoms with Crippen LogP contribution in [0.3, 0.4) is 0 Å². The second kappa shape index (κ2) is 6.32. The van der Waals surface area contributed by atoms with Crippen molar-refractivity contribution >= 4 is 5.69 Å². The molecule has 1 N–H and O–H groups in total. The van der Waals surface area contributed by atoms with E-state index in [0.717, 1.165) is 28.5 Å². The number of pyridine rings is 1. The SMILES string of the molecule is Cc1nn(-c2ccccn2)c(C)c1CNc1ccc(C#N)cc1. The zero-order valence-electron chi connectivity index (χ0n) is 13.1. The van der Waals surface area contributed by atoms with Crippen LogP contribution in [0.5, 0.6) is 0 Å². The molecule has 0 aliphatic heterocycles. The third kappa shape index (κ3) is 3.06. The van der Waals surface area contributed by atoms with Crippen molar-refractivity contribution in [2.75, 3.05) is 5.32 Å². The van der Waals surface area contributed by atoms with Gasteiger partial charge in [-0.25, -0.2) is 9.67 Å². The maximum Gasteiger partial charge on any atom is 0.153 e. The zero-order valence-corrected chi connectivity index (χ0v) is 13.1. The summed E-state index contributed by atoms with van der Waals surface area (Å²) in [5.41, 5.74) is 4.84. The molecule has 3 rings (SSSR count). The van der Waals surface area contributed by atoms with Crippen LogP contribution in [0.2, 0.25) is 0 Å². The van der Waals surface area contributed by atoms with Crippen LogP contribution in [-0.4, -0.2) is 14.8 Å². The van der Waals surface area contributed by atoms with Crippen molar-refractivity contribution in [3.63, 3.8) is 0 Å². The van der Waals surface area contributed by atoms with E-state index in [1.54, 1.807) is 18.3 Å². The van der Waals surface area contributed by atoms with Gasteiger partial charge in [-0.15, -0.1) is 0 Å². The van der Waals surface area contributed by atoms with E-state index < -0.39 is 0 Å². The highest BCUT2D eigenvalue weighted by Crippen LogP contribution is 2.18. The first-order valence-electron chi connectivity index (χ1n) is 7.39. The van der Waals surface area contributed by atoms with Gasteiger partial charge in [0.25, 0.3) is 0 Å². The summed E-state index contributed by atoms with van der Waals surface area (Å²) in [6, 6.07) is 15.3. The fraction of sp³-hybridized carbons (Fsp3) is 0.167. The molecule has 0 unspecified atom stereocenters. The van der Waals surface area contributed by atoms with Crippen molar-refractivity contribution in [1.29, 1.82) is 5.26 Å². The molecule has 0 atom stereocenters. The summed E-state index contributed by atoms with van der Waals surface area (Å²) in [4.78, 5) is 4.35. The molecule has 2 aromatic heterocycles. The van der Waals surface area contributed by atoms with Crippen LogP contribution in [0, 0.1) is 25.2 Å². The number of hydrogen-bond donors (Lipinski definition) is 1. The van der Waals surface area contributed by atoms with Crippen molar-refractivity contribution in [3.8, 4) is 11.9 Å². The van der Waals surface area contributed by atoms with Gasteiger partial charge in [0.05, 0.1) is 17.3 Å². The molecule has 2 heterocycles. The Morgan fingerprint density at radius 1 is 1.13 bits per heavy atom. The molecular weight excluding hydrogens is 286 g/mol. The first-order valence-corrected chi connectivity index (χ1v) is 7.39. The lowest BCUT2D eigenvalue weighted by Gasteiger charge is -2.07. The highest BCUT2D eigenvalue weighted by molar-refractivity contribution is 5.48. The van der Waals surface area contributed by atoms with Gasteiger partial charge in [-0.3, -0.25) is 0 Å². The molecule has 0 saturated heterocycles. The third-order valence-electron chi connectivity index (χ3n) is 3.79. The molecule has 5 heteroatoms. The average Bonchev–Trinajstić information content (AvgIpc) is 2.88. The first kappa shape index (κ1) is 14.8. The Hall–Kier alpha value is -3.13. The van der Waals surface area contributed by atoms with Gasteiger partial charge in [0.1, 0.15) is 0 Å². The molecule has 0 aliphatic rings. The molecule has 0 amide bonds. The predicted molar refractivity (Wildman–Crippen MR) is 89.3 cm³/mol. The van der Waals surface area contributed by atoms with E-state index >= 15 is 0 Å². The fourth-order valence-corrected chi connectivity index (χ4v) is 2.49. The standard InChI is InChI=1S/C18H17N5/c1-13-17(12-21-16-8-6-15(11-19)7-9-16)14(2)23(22-13)18-5-3-4-10-20-18/h3-10,21H,12H2,1-2H3. The molecule has 3 aromatic rings. The van der Waals surface area contributed by atoms with Crippen molar-refractivity contribution in [2.24, 2.45) is 0 Å². The second-order valence-electron chi connectivity index (χ2n) is 5.29. The zero-order chi connectivity index (χ0) is 16.2. The van der Waals surface area contributed by atoms with Crippen LogP contribution in [0.4, 0.5) is 5.69 Å². The van der Waals surface area contributed by atoms with Gasteiger partial charge < -0.3 is 5.32 Å². The topological polar surface area (TPSA) is 66.5 Å². The van der Waals surface area contributed by atoms with Gasteiger partial charge in [0.2, 0.25) is 0 Å². The molecule has 0 aliphatic carbocycles. The summed E-state index contributed by atoms with van der Waals surface area (Å²) in [5, 5.41) is 16.8. The van der Waals surface area contributed by atoms with Gasteiger partial charge in [-0.05, 0) is 50.2 Å². The summed E-state index contributed by atoms with van der Waals surface area (Å²) < 4.78 is 1.87. The van der Waals surface area contributed by atoms with Crippen LogP contribution >= 0.6 is 0 Å². The lowest BCUT2D eigenvalue weighted by molar-refractivity contribution is 0.805. The number of hydrogen-bond acceptors (Lipinski definition) is 4. The Bertz CT molecular complexity index is 842. The molecule has 5 nitrogen and oxygen atoms in total. The van der Waals surface area contributed by atoms with Crippen molar-refractivity contribution in [2.45, 2.75) is 20.4 Å². The number of aryl methyl sites for hydroxylation is 1. The Labute approximate surface area is 135 Å².